The van der Waals surface area contributed by atoms with Gasteiger partial charge in [-0.3, -0.25) is 18.6 Å². The predicted octanol–water partition coefficient (Wildman–Crippen LogP) is 15.1. The fraction of sp³-hybridized carbons (Fsp3) is 0.680. The van der Waals surface area contributed by atoms with Crippen molar-refractivity contribution in [1.82, 2.24) is 0 Å². The lowest BCUT2D eigenvalue weighted by Crippen LogP contribution is -2.29. The van der Waals surface area contributed by atoms with E-state index in [4.69, 9.17) is 14.0 Å². The van der Waals surface area contributed by atoms with E-state index in [2.05, 4.69) is 103 Å². The summed E-state index contributed by atoms with van der Waals surface area (Å²) in [7, 11) is -3.23. The normalized spacial score (nSPS) is 14.0. The number of rotatable bonds is 42. The lowest BCUT2D eigenvalue weighted by Gasteiger charge is -2.19. The van der Waals surface area contributed by atoms with E-state index in [1.165, 1.54) is 83.5 Å². The molecule has 59 heavy (non-hydrogen) atoms. The maximum Gasteiger partial charge on any atom is 0.472 e. The van der Waals surface area contributed by atoms with Crippen molar-refractivity contribution < 1.29 is 37.6 Å². The number of ether oxygens (including phenoxy) is 2. The molecule has 0 bridgehead atoms. The van der Waals surface area contributed by atoms with Gasteiger partial charge in [-0.25, -0.2) is 4.57 Å². The van der Waals surface area contributed by atoms with Crippen molar-refractivity contribution in [3.8, 4) is 0 Å². The van der Waals surface area contributed by atoms with Crippen LogP contribution in [0.5, 0.6) is 0 Å². The highest BCUT2D eigenvalue weighted by atomic mass is 31.2. The number of carbonyl (C=O) groups is 2. The topological polar surface area (TPSA) is 108 Å². The van der Waals surface area contributed by atoms with Crippen molar-refractivity contribution in [1.29, 1.82) is 0 Å². The van der Waals surface area contributed by atoms with Gasteiger partial charge in [0.15, 0.2) is 6.10 Å². The molecule has 9 heteroatoms. The molecular formula is C50H85O8P. The summed E-state index contributed by atoms with van der Waals surface area (Å²) in [6.45, 7) is 3.74. The summed E-state index contributed by atoms with van der Waals surface area (Å²) in [5, 5.41) is 0. The minimum Gasteiger partial charge on any atom is -0.462 e. The zero-order valence-corrected chi connectivity index (χ0v) is 38.5. The molecule has 0 rings (SSSR count). The molecule has 1 N–H and O–H groups in total. The lowest BCUT2D eigenvalue weighted by molar-refractivity contribution is -0.161. The molecule has 8 nitrogen and oxygen atoms in total. The van der Waals surface area contributed by atoms with Gasteiger partial charge in [0, 0.05) is 20.0 Å². The second kappa shape index (κ2) is 44.8. The molecule has 0 saturated heterocycles. The van der Waals surface area contributed by atoms with Crippen LogP contribution in [-0.4, -0.2) is 43.3 Å². The molecule has 0 heterocycles. The number of hydrogen-bond acceptors (Lipinski definition) is 7. The molecule has 0 spiro atoms. The van der Waals surface area contributed by atoms with Crippen LogP contribution in [0.2, 0.25) is 0 Å². The molecule has 0 aromatic carbocycles. The Morgan fingerprint density at radius 3 is 1.31 bits per heavy atom. The Morgan fingerprint density at radius 1 is 0.492 bits per heavy atom. The molecule has 0 aliphatic rings. The highest BCUT2D eigenvalue weighted by molar-refractivity contribution is 7.47. The van der Waals surface area contributed by atoms with Crippen molar-refractivity contribution in [3.05, 3.63) is 85.1 Å². The van der Waals surface area contributed by atoms with Crippen LogP contribution >= 0.6 is 7.82 Å². The Balaban J connectivity index is 4.04. The van der Waals surface area contributed by atoms with Gasteiger partial charge in [-0.2, -0.15) is 0 Å². The smallest absolute Gasteiger partial charge is 0.462 e. The third-order valence-corrected chi connectivity index (χ3v) is 10.6. The predicted molar refractivity (Wildman–Crippen MR) is 248 cm³/mol. The van der Waals surface area contributed by atoms with Crippen LogP contribution in [-0.2, 0) is 32.7 Å². The van der Waals surface area contributed by atoms with Gasteiger partial charge in [0.05, 0.1) is 6.61 Å². The van der Waals surface area contributed by atoms with E-state index >= 15 is 0 Å². The second-order valence-corrected chi connectivity index (χ2v) is 16.7. The maximum atomic E-state index is 12.5. The molecule has 0 radical (unpaired) electrons. The first-order chi connectivity index (χ1) is 28.8. The number of esters is 2. The zero-order chi connectivity index (χ0) is 43.2. The molecule has 2 atom stereocenters. The molecule has 0 aromatic rings. The van der Waals surface area contributed by atoms with Crippen molar-refractivity contribution >= 4 is 19.8 Å². The Bertz CT molecular complexity index is 1230. The third-order valence-electron chi connectivity index (χ3n) is 9.62. The van der Waals surface area contributed by atoms with Gasteiger partial charge in [0.1, 0.15) is 6.61 Å². The van der Waals surface area contributed by atoms with Crippen LogP contribution in [0.3, 0.4) is 0 Å². The summed E-state index contributed by atoms with van der Waals surface area (Å²) in [5.41, 5.74) is 0. The van der Waals surface area contributed by atoms with Gasteiger partial charge >= 0.3 is 19.8 Å². The lowest BCUT2D eigenvalue weighted by atomic mass is 10.1. The highest BCUT2D eigenvalue weighted by Crippen LogP contribution is 2.42. The molecule has 2 unspecified atom stereocenters. The van der Waals surface area contributed by atoms with Gasteiger partial charge in [-0.1, -0.05) is 176 Å². The Labute approximate surface area is 361 Å². The number of allylic oxidation sites excluding steroid dienone is 14. The largest absolute Gasteiger partial charge is 0.472 e. The number of hydrogen-bond donors (Lipinski definition) is 1. The molecule has 0 aromatic heterocycles. The molecule has 0 amide bonds. The number of carbonyl (C=O) groups excluding carboxylic acids is 2. The SMILES string of the molecule is CC/C=C\C/C=C\C/C=C\C/C=C\C/C=C\CCCCCC(=O)OC(COC(=O)CCCCCCCCCCC/C=C\C/C=C\CCCCCCC)COP(=O)(O)OC. The van der Waals surface area contributed by atoms with Gasteiger partial charge < -0.3 is 14.4 Å². The first kappa shape index (κ1) is 56.2. The van der Waals surface area contributed by atoms with E-state index in [0.717, 1.165) is 84.2 Å². The first-order valence-corrected chi connectivity index (χ1v) is 24.8. The summed E-state index contributed by atoms with van der Waals surface area (Å²) < 4.78 is 32.0. The standard InChI is InChI=1S/C50H85O8P/c1-4-6-8-10-12-14-16-18-20-22-24-25-27-28-30-32-34-36-38-40-42-44-49(51)56-46-48(47-57-59(53,54)55-3)58-50(52)45-43-41-39-37-35-33-31-29-26-23-21-19-17-15-13-11-9-7-5-2/h7,9,13,15-16,18-19,21-22,24,26,29,33,35,48H,4-6,8,10-12,14,17,20,23,25,27-28,30-32,34,36-47H2,1-3H3,(H,53,54)/b9-7-,15-13-,18-16-,21-19-,24-22-,29-26-,35-33-. The average molecular weight is 845 g/mol. The fourth-order valence-electron chi connectivity index (χ4n) is 6.07. The van der Waals surface area contributed by atoms with Crippen molar-refractivity contribution in [3.63, 3.8) is 0 Å². The Hall–Kier alpha value is -2.77. The van der Waals surface area contributed by atoms with Crippen LogP contribution in [0.4, 0.5) is 0 Å². The minimum absolute atomic E-state index is 0.200. The molecule has 0 fully saturated rings. The van der Waals surface area contributed by atoms with Gasteiger partial charge in [-0.15, -0.1) is 0 Å². The molecule has 338 valence electrons. The van der Waals surface area contributed by atoms with Gasteiger partial charge in [0.25, 0.3) is 0 Å². The molecule has 0 aliphatic heterocycles. The number of phosphoric ester groups is 1. The molecule has 0 saturated carbocycles. The van der Waals surface area contributed by atoms with Gasteiger partial charge in [-0.05, 0) is 89.9 Å². The van der Waals surface area contributed by atoms with Crippen molar-refractivity contribution in [2.75, 3.05) is 20.3 Å². The fourth-order valence-corrected chi connectivity index (χ4v) is 6.53. The van der Waals surface area contributed by atoms with Crippen LogP contribution in [0.1, 0.15) is 194 Å². The summed E-state index contributed by atoms with van der Waals surface area (Å²) >= 11 is 0. The van der Waals surface area contributed by atoms with E-state index in [9.17, 15) is 19.0 Å². The van der Waals surface area contributed by atoms with E-state index in [1.807, 2.05) is 0 Å². The first-order valence-electron chi connectivity index (χ1n) is 23.3. The maximum absolute atomic E-state index is 12.5. The zero-order valence-electron chi connectivity index (χ0n) is 37.6. The number of phosphoric acid groups is 1. The van der Waals surface area contributed by atoms with E-state index in [0.29, 0.717) is 6.42 Å². The van der Waals surface area contributed by atoms with Gasteiger partial charge in [0.2, 0.25) is 0 Å². The Kier molecular flexibility index (Phi) is 42.7. The van der Waals surface area contributed by atoms with Crippen LogP contribution in [0.15, 0.2) is 85.1 Å². The molecular weight excluding hydrogens is 760 g/mol. The van der Waals surface area contributed by atoms with Crippen LogP contribution < -0.4 is 0 Å². The van der Waals surface area contributed by atoms with E-state index in [-0.39, 0.29) is 25.4 Å². The van der Waals surface area contributed by atoms with Crippen molar-refractivity contribution in [2.24, 2.45) is 0 Å². The average Bonchev–Trinajstić information content (AvgIpc) is 3.23. The molecule has 0 aliphatic carbocycles. The Morgan fingerprint density at radius 2 is 0.864 bits per heavy atom. The third kappa shape index (κ3) is 44.6. The highest BCUT2D eigenvalue weighted by Gasteiger charge is 2.24. The van der Waals surface area contributed by atoms with Crippen LogP contribution in [0.25, 0.3) is 0 Å². The van der Waals surface area contributed by atoms with Crippen molar-refractivity contribution in [2.45, 2.75) is 200 Å². The monoisotopic (exact) mass is 845 g/mol. The number of unbranched alkanes of at least 4 members (excludes halogenated alkanes) is 17. The summed E-state index contributed by atoms with van der Waals surface area (Å²) in [6, 6.07) is 0. The summed E-state index contributed by atoms with van der Waals surface area (Å²) in [5.74, 6) is -0.851. The quantitative estimate of drug-likeness (QED) is 0.0280. The summed E-state index contributed by atoms with van der Waals surface area (Å²) in [4.78, 5) is 34.6. The minimum atomic E-state index is -4.28. The van der Waals surface area contributed by atoms with E-state index in [1.54, 1.807) is 0 Å². The van der Waals surface area contributed by atoms with E-state index < -0.39 is 26.5 Å². The van der Waals surface area contributed by atoms with Crippen LogP contribution in [0, 0.1) is 0 Å². The summed E-state index contributed by atoms with van der Waals surface area (Å²) in [6.07, 6.45) is 59.2. The second-order valence-electron chi connectivity index (χ2n) is 15.2.